The van der Waals surface area contributed by atoms with Crippen molar-refractivity contribution in [2.24, 2.45) is 0 Å². The fraction of sp³-hybridized carbons (Fsp3) is 0.111. The van der Waals surface area contributed by atoms with Gasteiger partial charge in [-0.25, -0.2) is 4.21 Å². The van der Waals surface area contributed by atoms with Crippen molar-refractivity contribution >= 4 is 103 Å². The lowest BCUT2D eigenvalue weighted by Gasteiger charge is -2.22. The number of para-hydroxylation sites is 2. The molecule has 0 aliphatic carbocycles. The van der Waals surface area contributed by atoms with E-state index in [1.807, 2.05) is 36.4 Å². The fourth-order valence-corrected chi connectivity index (χ4v) is 7.04. The number of hydrogen-bond acceptors (Lipinski definition) is 15. The van der Waals surface area contributed by atoms with Crippen LogP contribution < -0.4 is 20.4 Å². The fourth-order valence-electron chi connectivity index (χ4n) is 5.45. The normalized spacial score (nSPS) is 12.0. The van der Waals surface area contributed by atoms with Crippen molar-refractivity contribution in [1.29, 1.82) is 0 Å². The van der Waals surface area contributed by atoms with Gasteiger partial charge in [-0.1, -0.05) is 60.7 Å². The summed E-state index contributed by atoms with van der Waals surface area (Å²) in [5, 5.41) is 24.9. The van der Waals surface area contributed by atoms with Crippen molar-refractivity contribution in [1.82, 2.24) is 29.9 Å². The summed E-state index contributed by atoms with van der Waals surface area (Å²) in [6, 6.07) is 26.6. The first-order valence-electron chi connectivity index (χ1n) is 16.7. The quantitative estimate of drug-likeness (QED) is 0.0366. The summed E-state index contributed by atoms with van der Waals surface area (Å²) in [6.07, 6.45) is 2.76. The van der Waals surface area contributed by atoms with Gasteiger partial charge in [0.1, 0.15) is 4.90 Å². The first-order valence-corrected chi connectivity index (χ1v) is 20.0. The molecule has 0 fully saturated rings. The minimum atomic E-state index is -4.80. The van der Waals surface area contributed by atoms with Crippen LogP contribution in [0.2, 0.25) is 10.6 Å². The van der Waals surface area contributed by atoms with Crippen molar-refractivity contribution in [3.63, 3.8) is 0 Å². The van der Waals surface area contributed by atoms with Crippen LogP contribution in [0.25, 0.3) is 12.2 Å². The molecule has 17 nitrogen and oxygen atoms in total. The van der Waals surface area contributed by atoms with E-state index in [0.717, 1.165) is 6.07 Å². The van der Waals surface area contributed by atoms with Gasteiger partial charge in [0.25, 0.3) is 10.1 Å². The summed E-state index contributed by atoms with van der Waals surface area (Å²) in [5.74, 6) is 0.225. The van der Waals surface area contributed by atoms with Crippen molar-refractivity contribution in [3.05, 3.63) is 119 Å². The van der Waals surface area contributed by atoms with Gasteiger partial charge in [0.05, 0.1) is 18.1 Å². The highest BCUT2D eigenvalue weighted by Crippen LogP contribution is 2.30. The van der Waals surface area contributed by atoms with E-state index in [1.54, 1.807) is 40.1 Å². The number of aliphatic hydroxyl groups excluding tert-OH is 2. The van der Waals surface area contributed by atoms with Crippen LogP contribution in [-0.2, 0) is 21.2 Å². The van der Waals surface area contributed by atoms with Gasteiger partial charge in [-0.05, 0) is 82.9 Å². The van der Waals surface area contributed by atoms with Crippen LogP contribution in [0.5, 0.6) is 0 Å². The number of hydrogen-bond donors (Lipinski definition) is 6. The average Bonchev–Trinajstić information content (AvgIpc) is 3.18. The molecule has 21 heteroatoms. The van der Waals surface area contributed by atoms with Gasteiger partial charge in [0.2, 0.25) is 34.4 Å². The lowest BCUT2D eigenvalue weighted by Crippen LogP contribution is -2.24. The lowest BCUT2D eigenvalue weighted by atomic mass is 10.1. The molecule has 57 heavy (non-hydrogen) atoms. The van der Waals surface area contributed by atoms with Gasteiger partial charge in [-0.2, -0.15) is 38.3 Å². The second-order valence-electron chi connectivity index (χ2n) is 11.7. The Balaban J connectivity index is 1.25. The molecule has 0 amide bonds. The number of rotatable bonds is 16. The maximum absolute atomic E-state index is 12.6. The summed E-state index contributed by atoms with van der Waals surface area (Å²) >= 11 is 9.93. The third-order valence-electron chi connectivity index (χ3n) is 7.91. The molecule has 0 saturated heterocycles. The topological polar surface area (TPSA) is 240 Å². The Kier molecular flexibility index (Phi) is 13.3. The third kappa shape index (κ3) is 10.6. The van der Waals surface area contributed by atoms with E-state index in [0.29, 0.717) is 17.1 Å². The van der Waals surface area contributed by atoms with Crippen LogP contribution in [-0.4, -0.2) is 88.2 Å². The van der Waals surface area contributed by atoms with Crippen molar-refractivity contribution in [2.75, 3.05) is 46.7 Å². The molecule has 1 atom stereocenters. The highest BCUT2D eigenvalue weighted by molar-refractivity contribution is 7.86. The minimum absolute atomic E-state index is 0.0164. The third-order valence-corrected chi connectivity index (χ3v) is 9.88. The summed E-state index contributed by atoms with van der Waals surface area (Å²) in [6.45, 7) is -0.127. The molecular formula is C36H32Cl2N10O7S2. The zero-order chi connectivity index (χ0) is 40.5. The molecular weight excluding hydrogens is 819 g/mol. The number of benzene rings is 4. The van der Waals surface area contributed by atoms with Crippen molar-refractivity contribution < 1.29 is 31.9 Å². The standard InChI is InChI=1S/C36H32Cl2N10O7S2/c37-31-41-33(45-35(43-31)47(17-19-49)27-7-3-1-4-8-27)39-25-15-13-23(29(21-25)56(51)52)11-12-24-14-16-26(22-30(24)57(53,54)55)40-34-42-32(38)44-36(46-34)48(18-20-50)28-9-5-2-6-10-28/h1-16,21-22,49-50H,17-20H2,(H,51,52)(H,53,54,55)(H,39,41,43,45)(H,40,42,44,46)/b12-11+. The second kappa shape index (κ2) is 18.5. The molecule has 0 spiro atoms. The largest absolute Gasteiger partial charge is 0.395 e. The second-order valence-corrected chi connectivity index (χ2v) is 14.7. The first-order chi connectivity index (χ1) is 27.4. The molecule has 294 valence electrons. The monoisotopic (exact) mass is 850 g/mol. The molecule has 0 bridgehead atoms. The van der Waals surface area contributed by atoms with Gasteiger partial charge in [-0.15, -0.1) is 0 Å². The summed E-state index contributed by atoms with van der Waals surface area (Å²) in [7, 11) is -4.80. The van der Waals surface area contributed by atoms with Gasteiger partial charge >= 0.3 is 0 Å². The Morgan fingerprint density at radius 2 is 1.11 bits per heavy atom. The molecule has 0 aliphatic rings. The average molecular weight is 852 g/mol. The highest BCUT2D eigenvalue weighted by Gasteiger charge is 2.19. The van der Waals surface area contributed by atoms with Crippen molar-refractivity contribution in [2.45, 2.75) is 9.79 Å². The zero-order valence-corrected chi connectivity index (χ0v) is 32.5. The Hall–Kier alpha value is -5.64. The summed E-state index contributed by atoms with van der Waals surface area (Å²) < 4.78 is 58.0. The van der Waals surface area contributed by atoms with Gasteiger partial charge in [0.15, 0.2) is 11.1 Å². The Bertz CT molecular complexity index is 2530. The number of anilines is 8. The van der Waals surface area contributed by atoms with E-state index in [4.69, 9.17) is 23.2 Å². The number of aliphatic hydroxyl groups is 2. The van der Waals surface area contributed by atoms with E-state index in [9.17, 15) is 31.9 Å². The van der Waals surface area contributed by atoms with Gasteiger partial charge in [-0.3, -0.25) is 4.55 Å². The molecule has 6 N–H and O–H groups in total. The molecule has 4 aromatic carbocycles. The molecule has 2 aromatic heterocycles. The molecule has 0 saturated carbocycles. The number of halogens is 2. The van der Waals surface area contributed by atoms with Crippen LogP contribution in [0.4, 0.5) is 46.5 Å². The predicted octanol–water partition coefficient (Wildman–Crippen LogP) is 6.11. The van der Waals surface area contributed by atoms with Gasteiger partial charge in [0, 0.05) is 35.8 Å². The van der Waals surface area contributed by atoms with Crippen LogP contribution >= 0.6 is 23.2 Å². The van der Waals surface area contributed by atoms with Crippen LogP contribution in [0.1, 0.15) is 11.1 Å². The highest BCUT2D eigenvalue weighted by atomic mass is 35.5. The van der Waals surface area contributed by atoms with Crippen LogP contribution in [0.3, 0.4) is 0 Å². The Morgan fingerprint density at radius 3 is 1.56 bits per heavy atom. The molecule has 2 heterocycles. The van der Waals surface area contributed by atoms with E-state index in [2.05, 4.69) is 40.5 Å². The van der Waals surface area contributed by atoms with Crippen LogP contribution in [0, 0.1) is 0 Å². The molecule has 0 aliphatic heterocycles. The summed E-state index contributed by atoms with van der Waals surface area (Å²) in [4.78, 5) is 28.1. The predicted molar refractivity (Wildman–Crippen MR) is 218 cm³/mol. The van der Waals surface area contributed by atoms with E-state index in [-0.39, 0.29) is 82.4 Å². The molecule has 6 aromatic rings. The number of nitrogens with one attached hydrogen (secondary N) is 2. The number of nitrogens with zero attached hydrogens (tertiary/aromatic N) is 8. The number of aromatic nitrogens is 6. The van der Waals surface area contributed by atoms with E-state index >= 15 is 0 Å². The van der Waals surface area contributed by atoms with E-state index < -0.39 is 26.1 Å². The lowest BCUT2D eigenvalue weighted by molar-refractivity contribution is 0.305. The Morgan fingerprint density at radius 1 is 0.649 bits per heavy atom. The maximum atomic E-state index is 12.6. The summed E-state index contributed by atoms with van der Waals surface area (Å²) in [5.41, 5.74) is 2.14. The van der Waals surface area contributed by atoms with Gasteiger partial charge < -0.3 is 35.2 Å². The SMILES string of the molecule is O=S(O)c1cc(Nc2nc(Cl)nc(N(CCO)c3ccccc3)n2)ccc1/C=C/c1ccc(Nc2nc(Cl)nc(N(CCO)c3ccccc3)n2)cc1S(=O)(=O)O. The molecule has 1 unspecified atom stereocenters. The molecule has 6 rings (SSSR count). The maximum Gasteiger partial charge on any atom is 0.295 e. The van der Waals surface area contributed by atoms with Crippen molar-refractivity contribution in [3.8, 4) is 0 Å². The van der Waals surface area contributed by atoms with E-state index in [1.165, 1.54) is 36.4 Å². The Labute approximate surface area is 338 Å². The first kappa shape index (κ1) is 41.0. The minimum Gasteiger partial charge on any atom is -0.395 e. The zero-order valence-electron chi connectivity index (χ0n) is 29.4. The van der Waals surface area contributed by atoms with Crippen LogP contribution in [0.15, 0.2) is 107 Å². The molecule has 0 radical (unpaired) electrons. The smallest absolute Gasteiger partial charge is 0.295 e.